The van der Waals surface area contributed by atoms with Crippen molar-refractivity contribution in [3.63, 3.8) is 0 Å². The summed E-state index contributed by atoms with van der Waals surface area (Å²) in [5, 5.41) is 0. The molecule has 0 heterocycles. The van der Waals surface area contributed by atoms with Gasteiger partial charge in [0.05, 0.1) is 13.2 Å². The van der Waals surface area contributed by atoms with Gasteiger partial charge in [-0.1, -0.05) is 12.8 Å². The van der Waals surface area contributed by atoms with E-state index in [-0.39, 0.29) is 0 Å². The number of aliphatic imine (C=N–C) groups is 1. The maximum atomic E-state index is 5.47. The second-order valence-corrected chi connectivity index (χ2v) is 4.37. The van der Waals surface area contributed by atoms with E-state index in [1.165, 1.54) is 25.7 Å². The van der Waals surface area contributed by atoms with Crippen LogP contribution < -0.4 is 11.3 Å². The molecule has 0 saturated heterocycles. The monoisotopic (exact) mass is 228 g/mol. The molecule has 0 unspecified atom stereocenters. The van der Waals surface area contributed by atoms with Crippen LogP contribution in [0.4, 0.5) is 0 Å². The Morgan fingerprint density at radius 3 is 2.75 bits per heavy atom. The second-order valence-electron chi connectivity index (χ2n) is 4.37. The predicted octanol–water partition coefficient (Wildman–Crippen LogP) is 0.574. The van der Waals surface area contributed by atoms with Gasteiger partial charge in [0.15, 0.2) is 0 Å². The highest BCUT2D eigenvalue weighted by molar-refractivity contribution is 5.79. The average Bonchev–Trinajstić information content (AvgIpc) is 2.77. The number of rotatable bonds is 5. The summed E-state index contributed by atoms with van der Waals surface area (Å²) >= 11 is 0. The first kappa shape index (κ1) is 13.3. The van der Waals surface area contributed by atoms with Crippen LogP contribution in [0.1, 0.15) is 25.7 Å². The maximum absolute atomic E-state index is 5.47. The van der Waals surface area contributed by atoms with Crippen LogP contribution in [0, 0.1) is 5.92 Å². The van der Waals surface area contributed by atoms with Gasteiger partial charge >= 0.3 is 0 Å². The van der Waals surface area contributed by atoms with Crippen molar-refractivity contribution in [1.29, 1.82) is 0 Å². The number of guanidine groups is 1. The Hall–Kier alpha value is -0.810. The van der Waals surface area contributed by atoms with Gasteiger partial charge in [-0.25, -0.2) is 10.8 Å². The average molecular weight is 228 g/mol. The summed E-state index contributed by atoms with van der Waals surface area (Å²) in [6.07, 6.45) is 5.40. The lowest BCUT2D eigenvalue weighted by Gasteiger charge is -2.23. The number of ether oxygens (including phenoxy) is 1. The highest BCUT2D eigenvalue weighted by Crippen LogP contribution is 2.24. The molecule has 16 heavy (non-hydrogen) atoms. The van der Waals surface area contributed by atoms with Crippen LogP contribution in [-0.2, 0) is 4.74 Å². The Labute approximate surface area is 98.0 Å². The molecule has 0 aromatic rings. The second kappa shape index (κ2) is 7.46. The first-order chi connectivity index (χ1) is 7.77. The Kier molecular flexibility index (Phi) is 6.18. The van der Waals surface area contributed by atoms with Crippen LogP contribution in [0.2, 0.25) is 0 Å². The first-order valence-electron chi connectivity index (χ1n) is 5.99. The van der Waals surface area contributed by atoms with Crippen LogP contribution in [0.25, 0.3) is 0 Å². The number of hydrogen-bond acceptors (Lipinski definition) is 3. The van der Waals surface area contributed by atoms with Gasteiger partial charge in [-0.2, -0.15) is 0 Å². The van der Waals surface area contributed by atoms with Gasteiger partial charge in [0.25, 0.3) is 0 Å². The fourth-order valence-corrected chi connectivity index (χ4v) is 2.19. The topological polar surface area (TPSA) is 62.9 Å². The maximum Gasteiger partial charge on any atom is 0.208 e. The largest absolute Gasteiger partial charge is 0.383 e. The van der Waals surface area contributed by atoms with Crippen LogP contribution >= 0.6 is 0 Å². The van der Waals surface area contributed by atoms with Gasteiger partial charge in [0.2, 0.25) is 5.96 Å². The SMILES string of the molecule is COCCN=C(NN)N(C)CC1CCCC1. The molecule has 3 N–H and O–H groups in total. The van der Waals surface area contributed by atoms with Gasteiger partial charge in [0.1, 0.15) is 0 Å². The molecule has 0 spiro atoms. The van der Waals surface area contributed by atoms with Crippen molar-refractivity contribution in [2.45, 2.75) is 25.7 Å². The normalized spacial score (nSPS) is 17.8. The Bertz CT molecular complexity index is 214. The molecule has 1 fully saturated rings. The van der Waals surface area contributed by atoms with E-state index in [4.69, 9.17) is 10.6 Å². The molecule has 0 aromatic carbocycles. The smallest absolute Gasteiger partial charge is 0.208 e. The van der Waals surface area contributed by atoms with E-state index in [1.807, 2.05) is 7.05 Å². The minimum Gasteiger partial charge on any atom is -0.383 e. The third-order valence-electron chi connectivity index (χ3n) is 3.05. The Morgan fingerprint density at radius 2 is 2.19 bits per heavy atom. The van der Waals surface area contributed by atoms with E-state index in [2.05, 4.69) is 15.3 Å². The van der Waals surface area contributed by atoms with E-state index >= 15 is 0 Å². The summed E-state index contributed by atoms with van der Waals surface area (Å²) in [4.78, 5) is 6.46. The molecule has 1 rings (SSSR count). The fraction of sp³-hybridized carbons (Fsp3) is 0.909. The van der Waals surface area contributed by atoms with Crippen LogP contribution in [0.5, 0.6) is 0 Å². The molecule has 1 aliphatic carbocycles. The fourth-order valence-electron chi connectivity index (χ4n) is 2.19. The number of hydrogen-bond donors (Lipinski definition) is 2. The molecule has 0 bridgehead atoms. The summed E-state index contributed by atoms with van der Waals surface area (Å²) < 4.78 is 4.96. The highest BCUT2D eigenvalue weighted by atomic mass is 16.5. The Balaban J connectivity index is 2.35. The lowest BCUT2D eigenvalue weighted by Crippen LogP contribution is -2.44. The zero-order chi connectivity index (χ0) is 11.8. The van der Waals surface area contributed by atoms with E-state index in [0.29, 0.717) is 13.2 Å². The lowest BCUT2D eigenvalue weighted by atomic mass is 10.1. The third kappa shape index (κ3) is 4.37. The molecule has 0 amide bonds. The number of methoxy groups -OCH3 is 1. The Morgan fingerprint density at radius 1 is 1.50 bits per heavy atom. The quantitative estimate of drug-likeness (QED) is 0.237. The lowest BCUT2D eigenvalue weighted by molar-refractivity contribution is 0.207. The van der Waals surface area contributed by atoms with Crippen LogP contribution in [0.15, 0.2) is 4.99 Å². The van der Waals surface area contributed by atoms with Gasteiger partial charge in [-0.15, -0.1) is 0 Å². The number of nitrogens with two attached hydrogens (primary N) is 1. The summed E-state index contributed by atoms with van der Waals surface area (Å²) in [6.45, 7) is 2.31. The molecule has 1 aliphatic rings. The highest BCUT2D eigenvalue weighted by Gasteiger charge is 2.18. The van der Waals surface area contributed by atoms with Crippen molar-refractivity contribution < 1.29 is 4.74 Å². The van der Waals surface area contributed by atoms with Crippen molar-refractivity contribution in [3.8, 4) is 0 Å². The number of nitrogens with zero attached hydrogens (tertiary/aromatic N) is 2. The van der Waals surface area contributed by atoms with Gasteiger partial charge in [-0.3, -0.25) is 5.43 Å². The molecule has 1 saturated carbocycles. The molecule has 0 aromatic heterocycles. The van der Waals surface area contributed by atoms with Gasteiger partial charge in [0, 0.05) is 20.7 Å². The molecular formula is C11H24N4O. The minimum atomic E-state index is 0.627. The van der Waals surface area contributed by atoms with Crippen molar-refractivity contribution in [2.24, 2.45) is 16.8 Å². The van der Waals surface area contributed by atoms with E-state index in [9.17, 15) is 0 Å². The summed E-state index contributed by atoms with van der Waals surface area (Å²) in [5.41, 5.74) is 2.66. The van der Waals surface area contributed by atoms with Crippen molar-refractivity contribution in [3.05, 3.63) is 0 Å². The minimum absolute atomic E-state index is 0.627. The van der Waals surface area contributed by atoms with Crippen LogP contribution in [-0.4, -0.2) is 44.7 Å². The molecule has 5 nitrogen and oxygen atoms in total. The standard InChI is InChI=1S/C11H24N4O/c1-15(9-10-5-3-4-6-10)11(14-12)13-7-8-16-2/h10H,3-9,12H2,1-2H3,(H,13,14). The van der Waals surface area contributed by atoms with Gasteiger partial charge in [-0.05, 0) is 18.8 Å². The van der Waals surface area contributed by atoms with Crippen LogP contribution in [0.3, 0.4) is 0 Å². The molecule has 0 radical (unpaired) electrons. The summed E-state index contributed by atoms with van der Waals surface area (Å²) in [5.74, 6) is 7.02. The van der Waals surface area contributed by atoms with Gasteiger partial charge < -0.3 is 9.64 Å². The molecule has 5 heteroatoms. The summed E-state index contributed by atoms with van der Waals surface area (Å²) in [6, 6.07) is 0. The molecular weight excluding hydrogens is 204 g/mol. The first-order valence-corrected chi connectivity index (χ1v) is 5.99. The predicted molar refractivity (Wildman–Crippen MR) is 66.1 cm³/mol. The van der Waals surface area contributed by atoms with Crippen molar-refractivity contribution >= 4 is 5.96 Å². The molecule has 0 aliphatic heterocycles. The number of hydrazine groups is 1. The van der Waals surface area contributed by atoms with E-state index in [0.717, 1.165) is 18.4 Å². The summed E-state index contributed by atoms with van der Waals surface area (Å²) in [7, 11) is 3.71. The van der Waals surface area contributed by atoms with E-state index < -0.39 is 0 Å². The molecule has 94 valence electrons. The third-order valence-corrected chi connectivity index (χ3v) is 3.05. The van der Waals surface area contributed by atoms with Crippen molar-refractivity contribution in [1.82, 2.24) is 10.3 Å². The zero-order valence-electron chi connectivity index (χ0n) is 10.4. The van der Waals surface area contributed by atoms with E-state index in [1.54, 1.807) is 7.11 Å². The zero-order valence-corrected chi connectivity index (χ0v) is 10.4. The number of nitrogens with one attached hydrogen (secondary N) is 1. The van der Waals surface area contributed by atoms with Crippen molar-refractivity contribution in [2.75, 3.05) is 33.9 Å². The molecule has 0 atom stereocenters.